The lowest BCUT2D eigenvalue weighted by Crippen LogP contribution is -2.64. The van der Waals surface area contributed by atoms with Gasteiger partial charge in [0.05, 0.1) is 136 Å². The van der Waals surface area contributed by atoms with Gasteiger partial charge >= 0.3 is 46.7 Å². The normalized spacial score (nSPS) is 28.8. The summed E-state index contributed by atoms with van der Waals surface area (Å²) in [6, 6.07) is -1.13. The second-order valence-electron chi connectivity index (χ2n) is 31.2. The molecular formula is C71H134N6O46P6. The van der Waals surface area contributed by atoms with Gasteiger partial charge in [-0.15, -0.1) is 0 Å². The van der Waals surface area contributed by atoms with E-state index in [1.165, 1.54) is 24.1 Å². The molecule has 1 amide bonds. The first-order chi connectivity index (χ1) is 61.2. The highest BCUT2D eigenvalue weighted by Crippen LogP contribution is 2.51. The quantitative estimate of drug-likeness (QED) is 0.0251. The maximum absolute atomic E-state index is 13.7. The molecule has 6 heterocycles. The standard InChI is InChI=1S/C71H134N6O46P6/c1-48-60(83)62(85)53(34-79)120-68(48)106-23-11-5-8-14-26-109-125(91,92)112-29-17-20-101-40-71(41-102-21-18-30-113-126(93,94)110-27-15-9-6-12-24-107-69-49(2)61(84)63(86)54(35-80)121-69,42-103-22-19-31-114-127(95,96)111-28-16-10-7-13-25-108-70-58(76-50(3)82)65(88)64(87)55(36-81)122-70)43-116-128(97,98)117-46-104-37-51(33-78)38-105-47-118-129(99,100)123-52-32-57(119-56(52)39-115-124(4,89)90)77-45-75-59-66(72)73-44-74-67(59)77/h44-45,48-49,51-58,60-65,68-70,78-81,83-88H,5-43,46-47H2,1-4H3,(H,76,82)(H,89,90)(H,91,92)(H,93,94)(H,95,96)(H,97,98)(H,99,100)(H2,72,73,74)/t48?,49?,51?,52-,53?,54?,55?,56+,57+,58?,60+,61+,62-,63-,64-,65+,68+,69+,70+,71?/m0/s1. The Labute approximate surface area is 746 Å². The lowest BCUT2D eigenvalue weighted by molar-refractivity contribution is -0.282. The first-order valence-corrected chi connectivity index (χ1v) is 51.8. The molecule has 4 fully saturated rings. The van der Waals surface area contributed by atoms with E-state index in [1.807, 2.05) is 0 Å². The summed E-state index contributed by atoms with van der Waals surface area (Å²) in [7, 11) is -28.2. The van der Waals surface area contributed by atoms with Crippen LogP contribution in [-0.2, 0) is 139 Å². The molecular weight excluding hydrogens is 1860 g/mol. The fourth-order valence-corrected chi connectivity index (χ4v) is 17.5. The van der Waals surface area contributed by atoms with Gasteiger partial charge in [-0.05, 0) is 57.8 Å². The van der Waals surface area contributed by atoms with Gasteiger partial charge in [-0.1, -0.05) is 52.4 Å². The van der Waals surface area contributed by atoms with Gasteiger partial charge < -0.3 is 153 Å². The number of ether oxygens (including phenoxy) is 12. The van der Waals surface area contributed by atoms with Gasteiger partial charge in [0.2, 0.25) is 5.91 Å². The Hall–Kier alpha value is -2.36. The van der Waals surface area contributed by atoms with E-state index >= 15 is 0 Å². The van der Waals surface area contributed by atoms with Crippen LogP contribution >= 0.6 is 46.7 Å². The molecule has 58 heteroatoms. The van der Waals surface area contributed by atoms with Crippen LogP contribution in [0.3, 0.4) is 0 Å². The molecule has 0 bridgehead atoms. The summed E-state index contributed by atoms with van der Waals surface area (Å²) < 4.78 is 205. The van der Waals surface area contributed by atoms with Gasteiger partial charge in [-0.3, -0.25) is 59.2 Å². The van der Waals surface area contributed by atoms with Crippen molar-refractivity contribution in [2.45, 2.75) is 222 Å². The van der Waals surface area contributed by atoms with Crippen LogP contribution in [-0.4, -0.2) is 370 Å². The molecule has 4 aliphatic heterocycles. The Kier molecular flexibility index (Phi) is 52.9. The highest BCUT2D eigenvalue weighted by Gasteiger charge is 2.48. The van der Waals surface area contributed by atoms with Crippen molar-refractivity contribution in [3.8, 4) is 0 Å². The third-order valence-electron chi connectivity index (χ3n) is 20.4. The number of nitrogen functional groups attached to an aromatic ring is 1. The number of nitrogens with one attached hydrogen (secondary N) is 1. The maximum Gasteiger partial charge on any atom is 0.474 e. The van der Waals surface area contributed by atoms with Crippen LogP contribution in [0.15, 0.2) is 12.7 Å². The van der Waals surface area contributed by atoms with Crippen LogP contribution in [0.25, 0.3) is 11.2 Å². The van der Waals surface area contributed by atoms with Crippen molar-refractivity contribution < 1.29 is 219 Å². The van der Waals surface area contributed by atoms with E-state index in [-0.39, 0.29) is 102 Å². The van der Waals surface area contributed by atoms with Gasteiger partial charge in [0.15, 0.2) is 43.9 Å². The number of phosphoric acid groups is 5. The number of anilines is 1. The number of rotatable bonds is 72. The molecule has 2 aromatic heterocycles. The van der Waals surface area contributed by atoms with Crippen molar-refractivity contribution in [2.75, 3.05) is 178 Å². The highest BCUT2D eigenvalue weighted by atomic mass is 31.2. The number of nitrogens with zero attached hydrogens (tertiary/aromatic N) is 4. The third kappa shape index (κ3) is 42.9. The summed E-state index contributed by atoms with van der Waals surface area (Å²) in [4.78, 5) is 87.3. The number of aromatic nitrogens is 4. The van der Waals surface area contributed by atoms with Gasteiger partial charge in [-0.25, -0.2) is 37.8 Å². The number of imidazole rings is 1. The first kappa shape index (κ1) is 115. The molecule has 0 spiro atoms. The number of aliphatic hydroxyl groups excluding tert-OH is 10. The van der Waals surface area contributed by atoms with Gasteiger partial charge in [0.1, 0.15) is 79.0 Å². The number of hydrogen-bond donors (Lipinski definition) is 18. The number of phosphoric ester groups is 5. The van der Waals surface area contributed by atoms with Crippen molar-refractivity contribution in [1.29, 1.82) is 0 Å². The SMILES string of the molecule is CC(=O)NC1[C@H](OCCCCCCOP(=O)(O)OCCCOCC(COCCCOP(=O)(O)OCCCCCCO[C@@H]2OC(CO)[C@H](O)[C@H](O)C2C)(COCCCOP(=O)(O)OCCCCCCO[C@@H]2OC(CO)[C@H](O)[C@H](O)C2C)COP(=O)(O)OCOCC(CO)COCOP(=O)(O)O[C@H]2C[C@H](n3cnc4c(N)ncnc43)O[C@@H]2COP(C)(=O)O)OC(CO)[C@H](O)[C@@H]1O. The summed E-state index contributed by atoms with van der Waals surface area (Å²) in [5, 5.41) is 103. The second-order valence-corrected chi connectivity index (χ2v) is 40.3. The molecule has 19 N–H and O–H groups in total. The Morgan fingerprint density at radius 2 is 0.868 bits per heavy atom. The molecule has 0 saturated carbocycles. The van der Waals surface area contributed by atoms with Gasteiger partial charge in [-0.2, -0.15) is 0 Å². The summed E-state index contributed by atoms with van der Waals surface area (Å²) in [5.41, 5.74) is 4.76. The zero-order valence-electron chi connectivity index (χ0n) is 72.6. The van der Waals surface area contributed by atoms with Crippen molar-refractivity contribution >= 4 is 69.6 Å². The molecule has 13 unspecified atom stereocenters. The van der Waals surface area contributed by atoms with E-state index in [9.17, 15) is 113 Å². The highest BCUT2D eigenvalue weighted by molar-refractivity contribution is 7.52. The van der Waals surface area contributed by atoms with Crippen LogP contribution in [0.4, 0.5) is 5.82 Å². The molecule has 25 atom stereocenters. The Morgan fingerprint density at radius 1 is 0.473 bits per heavy atom. The number of amides is 1. The molecule has 52 nitrogen and oxygen atoms in total. The Bertz CT molecular complexity index is 3680. The predicted molar refractivity (Wildman–Crippen MR) is 441 cm³/mol. The van der Waals surface area contributed by atoms with Gasteiger partial charge in [0, 0.05) is 77.4 Å². The smallest absolute Gasteiger partial charge is 0.396 e. The number of aliphatic hydroxyl groups is 10. The minimum absolute atomic E-state index is 0.0552. The minimum atomic E-state index is -5.20. The van der Waals surface area contributed by atoms with E-state index in [2.05, 4.69) is 20.3 Å². The lowest BCUT2D eigenvalue weighted by Gasteiger charge is -2.42. The Morgan fingerprint density at radius 3 is 1.29 bits per heavy atom. The maximum atomic E-state index is 13.7. The number of carbonyl (C=O) groups excluding carboxylic acids is 1. The number of fused-ring (bicyclic) bond motifs is 1. The summed E-state index contributed by atoms with van der Waals surface area (Å²) in [6.07, 6.45) is -9.56. The zero-order chi connectivity index (χ0) is 94.9. The van der Waals surface area contributed by atoms with Crippen LogP contribution in [0.2, 0.25) is 0 Å². The molecule has 129 heavy (non-hydrogen) atoms. The van der Waals surface area contributed by atoms with E-state index in [0.29, 0.717) is 77.0 Å². The van der Waals surface area contributed by atoms with Gasteiger partial charge in [0.25, 0.3) is 0 Å². The fraction of sp³-hybridized carbons (Fsp3) is 0.915. The lowest BCUT2D eigenvalue weighted by atomic mass is 9.92. The molecule has 0 aliphatic carbocycles. The van der Waals surface area contributed by atoms with E-state index in [1.54, 1.807) is 13.8 Å². The van der Waals surface area contributed by atoms with E-state index in [0.717, 1.165) is 6.66 Å². The van der Waals surface area contributed by atoms with E-state index in [4.69, 9.17) is 112 Å². The third-order valence-corrected chi connectivity index (χ3v) is 25.9. The van der Waals surface area contributed by atoms with Crippen LogP contribution in [0.5, 0.6) is 0 Å². The summed E-state index contributed by atoms with van der Waals surface area (Å²) in [5.74, 6) is -2.56. The monoisotopic (exact) mass is 1990 g/mol. The molecule has 0 radical (unpaired) electrons. The van der Waals surface area contributed by atoms with Crippen molar-refractivity contribution in [2.24, 2.45) is 23.2 Å². The fourth-order valence-electron chi connectivity index (χ4n) is 13.2. The predicted octanol–water partition coefficient (Wildman–Crippen LogP) is 1.15. The van der Waals surface area contributed by atoms with Crippen LogP contribution in [0.1, 0.15) is 130 Å². The molecule has 754 valence electrons. The van der Waals surface area contributed by atoms with Crippen molar-refractivity contribution in [3.05, 3.63) is 12.7 Å². The number of carbonyl (C=O) groups is 1. The van der Waals surface area contributed by atoms with Crippen LogP contribution in [0, 0.1) is 23.2 Å². The zero-order valence-corrected chi connectivity index (χ0v) is 77.9. The van der Waals surface area contributed by atoms with E-state index < -0.39 is 280 Å². The van der Waals surface area contributed by atoms with Crippen LogP contribution < -0.4 is 11.1 Å². The average Bonchev–Trinajstić information content (AvgIpc) is 1.61. The largest absolute Gasteiger partial charge is 0.474 e. The molecule has 6 rings (SSSR count). The molecule has 2 aromatic rings. The topological polar surface area (TPSA) is 737 Å². The average molecular weight is 1990 g/mol. The minimum Gasteiger partial charge on any atom is -0.396 e. The molecule has 4 aliphatic rings. The summed E-state index contributed by atoms with van der Waals surface area (Å²) in [6.45, 7) is -4.29. The molecule has 4 saturated heterocycles. The summed E-state index contributed by atoms with van der Waals surface area (Å²) >= 11 is 0. The number of nitrogens with two attached hydrogens (primary N) is 1. The van der Waals surface area contributed by atoms with Crippen molar-refractivity contribution in [3.63, 3.8) is 0 Å². The number of unbranched alkanes of at least 4 members (excludes halogenated alkanes) is 9. The Balaban J connectivity index is 1.02. The number of hydrogen-bond acceptors (Lipinski definition) is 44. The first-order valence-electron chi connectivity index (χ1n) is 42.3. The van der Waals surface area contributed by atoms with Crippen molar-refractivity contribution in [1.82, 2.24) is 24.8 Å². The second kappa shape index (κ2) is 59.2. The molecule has 0 aromatic carbocycles.